The third-order valence-electron chi connectivity index (χ3n) is 3.53. The third kappa shape index (κ3) is 3.44. The Morgan fingerprint density at radius 2 is 2.33 bits per heavy atom. The van der Waals surface area contributed by atoms with E-state index in [1.807, 2.05) is 4.90 Å². The lowest BCUT2D eigenvalue weighted by Crippen LogP contribution is -2.39. The van der Waals surface area contributed by atoms with E-state index in [4.69, 9.17) is 16.3 Å². The zero-order chi connectivity index (χ0) is 15.4. The molecule has 0 radical (unpaired) electrons. The van der Waals surface area contributed by atoms with Gasteiger partial charge in [0, 0.05) is 13.1 Å². The van der Waals surface area contributed by atoms with Crippen LogP contribution in [0.4, 0.5) is 11.4 Å². The van der Waals surface area contributed by atoms with Crippen LogP contribution in [0.15, 0.2) is 18.2 Å². The molecule has 1 fully saturated rings. The number of hydrogen-bond acceptors (Lipinski definition) is 5. The van der Waals surface area contributed by atoms with Gasteiger partial charge in [0.15, 0.2) is 0 Å². The molecule has 0 aliphatic carbocycles. The molecule has 1 heterocycles. The van der Waals surface area contributed by atoms with Gasteiger partial charge in [0.25, 0.3) is 0 Å². The van der Waals surface area contributed by atoms with Gasteiger partial charge in [0.05, 0.1) is 17.4 Å². The maximum atomic E-state index is 11.9. The van der Waals surface area contributed by atoms with Crippen LogP contribution in [-0.4, -0.2) is 30.6 Å². The Balaban J connectivity index is 2.24. The molecule has 0 aromatic heterocycles. The summed E-state index contributed by atoms with van der Waals surface area (Å²) in [4.78, 5) is 24.4. The Hall–Kier alpha value is -1.82. The van der Waals surface area contributed by atoms with Crippen molar-refractivity contribution in [3.8, 4) is 0 Å². The molecular weight excluding hydrogens is 296 g/mol. The maximum absolute atomic E-state index is 11.9. The quantitative estimate of drug-likeness (QED) is 0.485. The fraction of sp³-hybridized carbons (Fsp3) is 0.500. The normalized spacial score (nSPS) is 18.4. The standard InChI is InChI=1S/C14H17ClN2O4/c1-2-21-14(18)10-5-4-8-16(9-10)12-7-3-6-11(15)13(12)17(19)20/h3,6-7,10H,2,4-5,8-9H2,1H3. The first kappa shape index (κ1) is 15.6. The van der Waals surface area contributed by atoms with Gasteiger partial charge < -0.3 is 9.64 Å². The first-order chi connectivity index (χ1) is 10.0. The monoisotopic (exact) mass is 312 g/mol. The van der Waals surface area contributed by atoms with E-state index in [2.05, 4.69) is 0 Å². The number of nitro groups is 1. The average Bonchev–Trinajstić information content (AvgIpc) is 2.47. The van der Waals surface area contributed by atoms with E-state index in [1.54, 1.807) is 19.1 Å². The van der Waals surface area contributed by atoms with Crippen LogP contribution < -0.4 is 4.90 Å². The van der Waals surface area contributed by atoms with Crippen LogP contribution in [0.1, 0.15) is 19.8 Å². The molecule has 1 unspecified atom stereocenters. The van der Waals surface area contributed by atoms with Crippen LogP contribution in [0.5, 0.6) is 0 Å². The molecular formula is C14H17ClN2O4. The number of carbonyl (C=O) groups is 1. The van der Waals surface area contributed by atoms with Crippen LogP contribution in [0.3, 0.4) is 0 Å². The third-order valence-corrected chi connectivity index (χ3v) is 3.84. The van der Waals surface area contributed by atoms with E-state index in [9.17, 15) is 14.9 Å². The van der Waals surface area contributed by atoms with Crippen molar-refractivity contribution in [1.29, 1.82) is 0 Å². The molecule has 0 spiro atoms. The Labute approximate surface area is 127 Å². The minimum absolute atomic E-state index is 0.107. The van der Waals surface area contributed by atoms with Crippen LogP contribution in [0.2, 0.25) is 5.02 Å². The minimum atomic E-state index is -0.481. The number of nitro benzene ring substituents is 1. The number of benzene rings is 1. The highest BCUT2D eigenvalue weighted by atomic mass is 35.5. The molecule has 0 saturated carbocycles. The van der Waals surface area contributed by atoms with Crippen molar-refractivity contribution in [3.05, 3.63) is 33.3 Å². The largest absolute Gasteiger partial charge is 0.466 e. The van der Waals surface area contributed by atoms with E-state index in [-0.39, 0.29) is 22.6 Å². The summed E-state index contributed by atoms with van der Waals surface area (Å²) in [5.74, 6) is -0.496. The van der Waals surface area contributed by atoms with E-state index in [1.165, 1.54) is 6.07 Å². The molecule has 0 N–H and O–H groups in total. The fourth-order valence-corrected chi connectivity index (χ4v) is 2.83. The lowest BCUT2D eigenvalue weighted by Gasteiger charge is -2.32. The number of esters is 1. The van der Waals surface area contributed by atoms with Crippen LogP contribution in [0, 0.1) is 16.0 Å². The Morgan fingerprint density at radius 1 is 1.57 bits per heavy atom. The first-order valence-corrected chi connectivity index (χ1v) is 7.26. The van der Waals surface area contributed by atoms with Crippen molar-refractivity contribution in [2.24, 2.45) is 5.92 Å². The smallest absolute Gasteiger partial charge is 0.310 e. The molecule has 1 aliphatic rings. The van der Waals surface area contributed by atoms with Gasteiger partial charge in [-0.2, -0.15) is 0 Å². The molecule has 21 heavy (non-hydrogen) atoms. The highest BCUT2D eigenvalue weighted by Crippen LogP contribution is 2.36. The van der Waals surface area contributed by atoms with Gasteiger partial charge in [-0.3, -0.25) is 14.9 Å². The van der Waals surface area contributed by atoms with Crippen LogP contribution in [-0.2, 0) is 9.53 Å². The highest BCUT2D eigenvalue weighted by molar-refractivity contribution is 6.33. The number of halogens is 1. The summed E-state index contributed by atoms with van der Waals surface area (Å²) >= 11 is 5.93. The van der Waals surface area contributed by atoms with E-state index in [0.29, 0.717) is 25.4 Å². The van der Waals surface area contributed by atoms with Crippen molar-refractivity contribution in [3.63, 3.8) is 0 Å². The number of anilines is 1. The Morgan fingerprint density at radius 3 is 3.00 bits per heavy atom. The second kappa shape index (κ2) is 6.76. The predicted molar refractivity (Wildman–Crippen MR) is 79.7 cm³/mol. The lowest BCUT2D eigenvalue weighted by molar-refractivity contribution is -0.384. The number of rotatable bonds is 4. The number of carbonyl (C=O) groups excluding carboxylic acids is 1. The molecule has 1 aliphatic heterocycles. The molecule has 7 heteroatoms. The van der Waals surface area contributed by atoms with E-state index in [0.717, 1.165) is 12.8 Å². The SMILES string of the molecule is CCOC(=O)C1CCCN(c2cccc(Cl)c2[N+](=O)[O-])C1. The summed E-state index contributed by atoms with van der Waals surface area (Å²) in [6.07, 6.45) is 1.52. The first-order valence-electron chi connectivity index (χ1n) is 6.89. The molecule has 0 amide bonds. The molecule has 1 aromatic carbocycles. The molecule has 2 rings (SSSR count). The summed E-state index contributed by atoms with van der Waals surface area (Å²) in [7, 11) is 0. The van der Waals surface area contributed by atoms with Crippen LogP contribution >= 0.6 is 11.6 Å². The summed E-state index contributed by atoms with van der Waals surface area (Å²) in [6, 6.07) is 4.84. The molecule has 1 saturated heterocycles. The zero-order valence-corrected chi connectivity index (χ0v) is 12.5. The summed E-state index contributed by atoms with van der Waals surface area (Å²) in [6.45, 7) is 3.18. The predicted octanol–water partition coefficient (Wildman–Crippen LogP) is 3.03. The van der Waals surface area contributed by atoms with Crippen molar-refractivity contribution in [1.82, 2.24) is 0 Å². The summed E-state index contributed by atoms with van der Waals surface area (Å²) in [5.41, 5.74) is 0.352. The van der Waals surface area contributed by atoms with Crippen molar-refractivity contribution >= 4 is 28.9 Å². The molecule has 1 atom stereocenters. The summed E-state index contributed by atoms with van der Waals surface area (Å²) < 4.78 is 5.04. The van der Waals surface area contributed by atoms with Gasteiger partial charge in [0.1, 0.15) is 10.7 Å². The molecule has 6 nitrogen and oxygen atoms in total. The van der Waals surface area contributed by atoms with Crippen molar-refractivity contribution < 1.29 is 14.5 Å². The number of ether oxygens (including phenoxy) is 1. The minimum Gasteiger partial charge on any atom is -0.466 e. The molecule has 1 aromatic rings. The lowest BCUT2D eigenvalue weighted by atomic mass is 9.97. The topological polar surface area (TPSA) is 72.7 Å². The van der Waals surface area contributed by atoms with Gasteiger partial charge in [-0.05, 0) is 31.9 Å². The van der Waals surface area contributed by atoms with Crippen LogP contribution in [0.25, 0.3) is 0 Å². The molecule has 0 bridgehead atoms. The van der Waals surface area contributed by atoms with Gasteiger partial charge in [0.2, 0.25) is 0 Å². The van der Waals surface area contributed by atoms with Crippen molar-refractivity contribution in [2.75, 3.05) is 24.6 Å². The average molecular weight is 313 g/mol. The summed E-state index contributed by atoms with van der Waals surface area (Å²) in [5, 5.41) is 11.3. The zero-order valence-electron chi connectivity index (χ0n) is 11.8. The fourth-order valence-electron chi connectivity index (χ4n) is 2.59. The molecule has 114 valence electrons. The van der Waals surface area contributed by atoms with E-state index < -0.39 is 4.92 Å². The second-order valence-corrected chi connectivity index (χ2v) is 5.31. The Kier molecular flexibility index (Phi) is 5.01. The number of nitrogens with zero attached hydrogens (tertiary/aromatic N) is 2. The van der Waals surface area contributed by atoms with Gasteiger partial charge >= 0.3 is 11.7 Å². The van der Waals surface area contributed by atoms with Crippen molar-refractivity contribution in [2.45, 2.75) is 19.8 Å². The number of hydrogen-bond donors (Lipinski definition) is 0. The van der Waals surface area contributed by atoms with E-state index >= 15 is 0 Å². The maximum Gasteiger partial charge on any atom is 0.310 e. The van der Waals surface area contributed by atoms with Gasteiger partial charge in [-0.15, -0.1) is 0 Å². The Bertz CT molecular complexity index is 550. The number of piperidine rings is 1. The highest BCUT2D eigenvalue weighted by Gasteiger charge is 2.31. The van der Waals surface area contributed by atoms with Gasteiger partial charge in [-0.25, -0.2) is 0 Å². The second-order valence-electron chi connectivity index (χ2n) is 4.90. The number of para-hydroxylation sites is 1. The van der Waals surface area contributed by atoms with Gasteiger partial charge in [-0.1, -0.05) is 17.7 Å².